The molecule has 27 heavy (non-hydrogen) atoms. The lowest BCUT2D eigenvalue weighted by Crippen LogP contribution is -2.42. The molecule has 1 aliphatic carbocycles. The number of fused-ring (bicyclic) bond motifs is 2. The summed E-state index contributed by atoms with van der Waals surface area (Å²) in [6.45, 7) is 5.25. The zero-order valence-electron chi connectivity index (χ0n) is 15.4. The molecule has 4 heterocycles. The Bertz CT molecular complexity index is 864. The highest BCUT2D eigenvalue weighted by molar-refractivity contribution is 5.91. The molecule has 5 rings (SSSR count). The summed E-state index contributed by atoms with van der Waals surface area (Å²) in [7, 11) is 0. The van der Waals surface area contributed by atoms with Gasteiger partial charge in [0.15, 0.2) is 0 Å². The van der Waals surface area contributed by atoms with Crippen molar-refractivity contribution in [1.29, 1.82) is 0 Å². The largest absolute Gasteiger partial charge is 0.376 e. The second kappa shape index (κ2) is 6.30. The smallest absolute Gasteiger partial charge is 0.292 e. The van der Waals surface area contributed by atoms with E-state index in [0.29, 0.717) is 32.3 Å². The number of likely N-dealkylation sites (tertiary alicyclic amines) is 1. The first kappa shape index (κ1) is 16.7. The van der Waals surface area contributed by atoms with Crippen LogP contribution >= 0.6 is 0 Å². The van der Waals surface area contributed by atoms with E-state index in [4.69, 9.17) is 14.2 Å². The Morgan fingerprint density at radius 2 is 2.30 bits per heavy atom. The summed E-state index contributed by atoms with van der Waals surface area (Å²) in [5.74, 6) is 1.59. The normalized spacial score (nSPS) is 24.3. The first-order chi connectivity index (χ1) is 13.1. The molecule has 142 valence electrons. The van der Waals surface area contributed by atoms with Gasteiger partial charge in [-0.2, -0.15) is 0 Å². The Balaban J connectivity index is 1.43. The molecular weight excluding hydrogens is 346 g/mol. The molecule has 0 radical (unpaired) electrons. The van der Waals surface area contributed by atoms with Gasteiger partial charge in [0.1, 0.15) is 0 Å². The number of hydrogen-bond acceptors (Lipinski definition) is 7. The maximum absolute atomic E-state index is 12.7. The van der Waals surface area contributed by atoms with Gasteiger partial charge in [0, 0.05) is 37.0 Å². The fourth-order valence-corrected chi connectivity index (χ4v) is 4.10. The first-order valence-corrected chi connectivity index (χ1v) is 9.54. The van der Waals surface area contributed by atoms with Gasteiger partial charge in [-0.15, -0.1) is 0 Å². The summed E-state index contributed by atoms with van der Waals surface area (Å²) in [6.07, 6.45) is 4.88. The number of amides is 1. The number of nitrogens with zero attached hydrogens (tertiary/aromatic N) is 4. The van der Waals surface area contributed by atoms with Crippen molar-refractivity contribution >= 4 is 11.9 Å². The van der Waals surface area contributed by atoms with Gasteiger partial charge in [-0.05, 0) is 32.1 Å². The van der Waals surface area contributed by atoms with Gasteiger partial charge in [0.05, 0.1) is 30.5 Å². The maximum Gasteiger partial charge on any atom is 0.292 e. The molecule has 8 nitrogen and oxygen atoms in total. The Hall–Kier alpha value is -2.48. The molecule has 1 saturated carbocycles. The van der Waals surface area contributed by atoms with Crippen LogP contribution in [0.25, 0.3) is 0 Å². The molecule has 2 aliphatic heterocycles. The summed E-state index contributed by atoms with van der Waals surface area (Å²) in [5.41, 5.74) is 2.77. The van der Waals surface area contributed by atoms with Crippen molar-refractivity contribution in [2.24, 2.45) is 5.92 Å². The second-order valence-electron chi connectivity index (χ2n) is 7.91. The van der Waals surface area contributed by atoms with Crippen LogP contribution < -0.4 is 5.32 Å². The maximum atomic E-state index is 12.7. The molecule has 1 saturated heterocycles. The number of aryl methyl sites for hydroxylation is 1. The molecule has 2 aromatic rings. The monoisotopic (exact) mass is 369 g/mol. The van der Waals surface area contributed by atoms with Gasteiger partial charge in [0.25, 0.3) is 5.91 Å². The first-order valence-electron chi connectivity index (χ1n) is 9.54. The van der Waals surface area contributed by atoms with Crippen LogP contribution in [-0.2, 0) is 16.8 Å². The number of ether oxygens (including phenoxy) is 1. The van der Waals surface area contributed by atoms with Crippen molar-refractivity contribution in [2.45, 2.75) is 38.2 Å². The van der Waals surface area contributed by atoms with E-state index in [1.807, 2.05) is 11.8 Å². The molecule has 1 spiro atoms. The van der Waals surface area contributed by atoms with Gasteiger partial charge in [0.2, 0.25) is 11.7 Å². The number of hydrogen-bond donors (Lipinski definition) is 1. The number of carbonyl (C=O) groups is 1. The molecule has 1 N–H and O–H groups in total. The molecule has 8 heteroatoms. The molecule has 0 aromatic carbocycles. The van der Waals surface area contributed by atoms with Crippen molar-refractivity contribution in [3.63, 3.8) is 0 Å². The van der Waals surface area contributed by atoms with Crippen LogP contribution in [-0.4, -0.2) is 52.2 Å². The van der Waals surface area contributed by atoms with Gasteiger partial charge in [-0.25, -0.2) is 9.97 Å². The molecule has 3 aliphatic rings. The summed E-state index contributed by atoms with van der Waals surface area (Å²) >= 11 is 0. The van der Waals surface area contributed by atoms with Crippen molar-refractivity contribution in [3.8, 4) is 0 Å². The second-order valence-corrected chi connectivity index (χ2v) is 7.91. The number of nitrogens with one attached hydrogen (secondary N) is 1. The van der Waals surface area contributed by atoms with Crippen molar-refractivity contribution in [3.05, 3.63) is 35.0 Å². The minimum Gasteiger partial charge on any atom is -0.376 e. The Morgan fingerprint density at radius 3 is 3.07 bits per heavy atom. The summed E-state index contributed by atoms with van der Waals surface area (Å²) in [4.78, 5) is 24.0. The highest BCUT2D eigenvalue weighted by atomic mass is 16.5. The van der Waals surface area contributed by atoms with E-state index in [-0.39, 0.29) is 17.1 Å². The number of carbonyl (C=O) groups excluding carboxylic acids is 1. The molecule has 0 unspecified atom stereocenters. The minimum atomic E-state index is -0.285. The predicted octanol–water partition coefficient (Wildman–Crippen LogP) is 1.91. The summed E-state index contributed by atoms with van der Waals surface area (Å²) in [6, 6.07) is 1.60. The van der Waals surface area contributed by atoms with Crippen LogP contribution in [0, 0.1) is 12.8 Å². The van der Waals surface area contributed by atoms with E-state index >= 15 is 0 Å². The lowest BCUT2D eigenvalue weighted by Gasteiger charge is -2.35. The quantitative estimate of drug-likeness (QED) is 0.880. The molecule has 1 atom stereocenters. The van der Waals surface area contributed by atoms with Crippen molar-refractivity contribution in [2.75, 3.05) is 31.6 Å². The van der Waals surface area contributed by atoms with Crippen LogP contribution in [0.4, 0.5) is 5.95 Å². The average molecular weight is 369 g/mol. The van der Waals surface area contributed by atoms with Gasteiger partial charge < -0.3 is 19.5 Å². The highest BCUT2D eigenvalue weighted by Crippen LogP contribution is 2.40. The molecule has 2 aromatic heterocycles. The zero-order valence-corrected chi connectivity index (χ0v) is 15.4. The summed E-state index contributed by atoms with van der Waals surface area (Å²) in [5, 5.41) is 7.03. The van der Waals surface area contributed by atoms with Crippen LogP contribution in [0.5, 0.6) is 0 Å². The van der Waals surface area contributed by atoms with E-state index in [1.165, 1.54) is 19.0 Å². The summed E-state index contributed by atoms with van der Waals surface area (Å²) < 4.78 is 11.0. The van der Waals surface area contributed by atoms with Gasteiger partial charge >= 0.3 is 0 Å². The fraction of sp³-hybridized carbons (Fsp3) is 0.579. The third-order valence-corrected chi connectivity index (χ3v) is 5.88. The SMILES string of the molecule is Cc1nc(NCC2CC2)nc2c1COC[C@]21CCN(C(=O)c2ccno2)C1. The molecular formula is C19H23N5O3. The zero-order chi connectivity index (χ0) is 18.4. The van der Waals surface area contributed by atoms with Gasteiger partial charge in [-0.1, -0.05) is 5.16 Å². The van der Waals surface area contributed by atoms with E-state index < -0.39 is 0 Å². The standard InChI is InChI=1S/C19H23N5O3/c1-12-14-9-26-11-19(16(14)23-18(22-12)20-8-13-2-3-13)5-7-24(10-19)17(25)15-4-6-21-27-15/h4,6,13H,2-3,5,7-11H2,1H3,(H,20,22,23)/t19-/m1/s1. The molecule has 1 amide bonds. The van der Waals surface area contributed by atoms with E-state index in [9.17, 15) is 4.79 Å². The third kappa shape index (κ3) is 2.97. The Kier molecular flexibility index (Phi) is 3.89. The van der Waals surface area contributed by atoms with E-state index in [0.717, 1.165) is 35.8 Å². The van der Waals surface area contributed by atoms with Crippen molar-refractivity contribution in [1.82, 2.24) is 20.0 Å². The number of rotatable bonds is 4. The van der Waals surface area contributed by atoms with Crippen LogP contribution in [0.3, 0.4) is 0 Å². The predicted molar refractivity (Wildman–Crippen MR) is 96.3 cm³/mol. The van der Waals surface area contributed by atoms with Crippen LogP contribution in [0.15, 0.2) is 16.8 Å². The lowest BCUT2D eigenvalue weighted by atomic mass is 9.80. The lowest BCUT2D eigenvalue weighted by molar-refractivity contribution is 0.0473. The fourth-order valence-electron chi connectivity index (χ4n) is 4.10. The van der Waals surface area contributed by atoms with E-state index in [1.54, 1.807) is 6.07 Å². The minimum absolute atomic E-state index is 0.130. The van der Waals surface area contributed by atoms with Crippen molar-refractivity contribution < 1.29 is 14.1 Å². The van der Waals surface area contributed by atoms with Crippen LogP contribution in [0.1, 0.15) is 46.8 Å². The highest BCUT2D eigenvalue weighted by Gasteiger charge is 2.47. The number of aromatic nitrogens is 3. The Labute approximate surface area is 157 Å². The Morgan fingerprint density at radius 1 is 1.41 bits per heavy atom. The van der Waals surface area contributed by atoms with Crippen LogP contribution in [0.2, 0.25) is 0 Å². The molecule has 0 bridgehead atoms. The van der Waals surface area contributed by atoms with Gasteiger partial charge in [-0.3, -0.25) is 4.79 Å². The average Bonchev–Trinajstić information content (AvgIpc) is 3.16. The number of anilines is 1. The van der Waals surface area contributed by atoms with E-state index in [2.05, 4.69) is 15.5 Å². The molecule has 2 fully saturated rings. The third-order valence-electron chi connectivity index (χ3n) is 5.88. The topological polar surface area (TPSA) is 93.4 Å².